The SMILES string of the molecule is N.O=C(O)C(O)C(O)C(O)C(O)C(O)CCCCCCCCCCCCO. The molecule has 0 heterocycles. The number of carboxylic acid groups (broad SMARTS) is 1. The first kappa shape index (κ1) is 28.4. The Bertz CT molecular complexity index is 358. The van der Waals surface area contributed by atoms with Crippen LogP contribution in [-0.2, 0) is 4.79 Å². The molecule has 0 saturated heterocycles. The summed E-state index contributed by atoms with van der Waals surface area (Å²) in [7, 11) is 0. The van der Waals surface area contributed by atoms with E-state index in [1.807, 2.05) is 0 Å². The molecule has 27 heavy (non-hydrogen) atoms. The zero-order chi connectivity index (χ0) is 19.9. The lowest BCUT2D eigenvalue weighted by molar-refractivity contribution is -0.168. The first-order chi connectivity index (χ1) is 12.3. The summed E-state index contributed by atoms with van der Waals surface area (Å²) in [5.74, 6) is -1.72. The van der Waals surface area contributed by atoms with Crippen LogP contribution in [0.25, 0.3) is 0 Å². The van der Waals surface area contributed by atoms with Crippen LogP contribution in [0.3, 0.4) is 0 Å². The average Bonchev–Trinajstić information content (AvgIpc) is 2.63. The van der Waals surface area contributed by atoms with Crippen molar-refractivity contribution in [2.45, 2.75) is 101 Å². The lowest BCUT2D eigenvalue weighted by Crippen LogP contribution is -2.51. The summed E-state index contributed by atoms with van der Waals surface area (Å²) in [6, 6.07) is 0. The lowest BCUT2D eigenvalue weighted by atomic mass is 9.96. The van der Waals surface area contributed by atoms with Crippen LogP contribution >= 0.6 is 0 Å². The molecule has 0 amide bonds. The van der Waals surface area contributed by atoms with Gasteiger partial charge in [-0.1, -0.05) is 57.8 Å². The van der Waals surface area contributed by atoms with Gasteiger partial charge in [-0.3, -0.25) is 0 Å². The Morgan fingerprint density at radius 1 is 0.630 bits per heavy atom. The third-order valence-corrected chi connectivity index (χ3v) is 4.58. The van der Waals surface area contributed by atoms with Crippen LogP contribution in [-0.4, -0.2) is 78.8 Å². The molecule has 9 heteroatoms. The Kier molecular flexibility index (Phi) is 18.2. The maximum atomic E-state index is 10.5. The molecule has 0 fully saturated rings. The zero-order valence-electron chi connectivity index (χ0n) is 16.1. The number of aliphatic hydroxyl groups is 6. The van der Waals surface area contributed by atoms with Gasteiger partial charge in [0.1, 0.15) is 18.3 Å². The van der Waals surface area contributed by atoms with E-state index in [4.69, 9.17) is 15.3 Å². The minimum atomic E-state index is -2.23. The van der Waals surface area contributed by atoms with Crippen molar-refractivity contribution in [2.24, 2.45) is 0 Å². The van der Waals surface area contributed by atoms with Crippen molar-refractivity contribution in [2.75, 3.05) is 6.61 Å². The Morgan fingerprint density at radius 3 is 1.44 bits per heavy atom. The highest BCUT2D eigenvalue weighted by atomic mass is 16.4. The van der Waals surface area contributed by atoms with Crippen molar-refractivity contribution in [3.63, 3.8) is 0 Å². The molecule has 0 radical (unpaired) electrons. The van der Waals surface area contributed by atoms with Crippen molar-refractivity contribution in [1.82, 2.24) is 6.15 Å². The summed E-state index contributed by atoms with van der Waals surface area (Å²) in [6.07, 6.45) is 1.12. The van der Waals surface area contributed by atoms with E-state index in [1.54, 1.807) is 0 Å². The number of carbonyl (C=O) groups is 1. The van der Waals surface area contributed by atoms with Gasteiger partial charge in [0.25, 0.3) is 0 Å². The minimum absolute atomic E-state index is 0. The number of carboxylic acids is 1. The lowest BCUT2D eigenvalue weighted by Gasteiger charge is -2.27. The molecule has 5 unspecified atom stereocenters. The van der Waals surface area contributed by atoms with Crippen LogP contribution in [0.4, 0.5) is 0 Å². The van der Waals surface area contributed by atoms with Gasteiger partial charge in [0, 0.05) is 6.61 Å². The molecule has 0 aliphatic rings. The van der Waals surface area contributed by atoms with E-state index >= 15 is 0 Å². The molecule has 5 atom stereocenters. The largest absolute Gasteiger partial charge is 0.479 e. The third kappa shape index (κ3) is 13.1. The summed E-state index contributed by atoms with van der Waals surface area (Å²) in [5.41, 5.74) is 0. The molecule has 0 spiro atoms. The van der Waals surface area contributed by atoms with E-state index in [9.17, 15) is 25.2 Å². The first-order valence-electron chi connectivity index (χ1n) is 9.57. The first-order valence-corrected chi connectivity index (χ1v) is 9.57. The van der Waals surface area contributed by atoms with Gasteiger partial charge in [-0.2, -0.15) is 0 Å². The smallest absolute Gasteiger partial charge is 0.335 e. The van der Waals surface area contributed by atoms with Crippen LogP contribution in [0.5, 0.6) is 0 Å². The molecule has 0 aliphatic heterocycles. The molecule has 0 aromatic heterocycles. The van der Waals surface area contributed by atoms with Gasteiger partial charge in [0.15, 0.2) is 6.10 Å². The van der Waals surface area contributed by atoms with E-state index in [2.05, 4.69) is 0 Å². The van der Waals surface area contributed by atoms with Crippen molar-refractivity contribution >= 4 is 5.97 Å². The van der Waals surface area contributed by atoms with Gasteiger partial charge >= 0.3 is 5.97 Å². The summed E-state index contributed by atoms with van der Waals surface area (Å²) >= 11 is 0. The Balaban J connectivity index is 0. The maximum absolute atomic E-state index is 10.5. The second-order valence-electron chi connectivity index (χ2n) is 6.87. The number of aliphatic hydroxyl groups excluding tert-OH is 6. The van der Waals surface area contributed by atoms with Gasteiger partial charge in [-0.25, -0.2) is 4.79 Å². The van der Waals surface area contributed by atoms with Crippen molar-refractivity contribution < 1.29 is 40.5 Å². The Morgan fingerprint density at radius 2 is 1.04 bits per heavy atom. The van der Waals surface area contributed by atoms with Crippen LogP contribution in [0.15, 0.2) is 0 Å². The molecule has 10 N–H and O–H groups in total. The molecular formula is C18H39NO8. The molecule has 0 bridgehead atoms. The highest BCUT2D eigenvalue weighted by Gasteiger charge is 2.36. The van der Waals surface area contributed by atoms with Crippen LogP contribution < -0.4 is 6.15 Å². The molecule has 0 rings (SSSR count). The van der Waals surface area contributed by atoms with Crippen LogP contribution in [0, 0.1) is 0 Å². The number of unbranched alkanes of at least 4 members (excludes halogenated alkanes) is 9. The molecule has 0 aromatic rings. The number of hydrogen-bond donors (Lipinski definition) is 8. The summed E-state index contributed by atoms with van der Waals surface area (Å²) in [6.45, 7) is 0.261. The van der Waals surface area contributed by atoms with E-state index in [1.165, 1.54) is 12.8 Å². The van der Waals surface area contributed by atoms with E-state index in [0.717, 1.165) is 44.9 Å². The summed E-state index contributed by atoms with van der Waals surface area (Å²) < 4.78 is 0. The standard InChI is InChI=1S/C18H36O8.H3N/c19-12-10-8-6-4-2-1-3-5-7-9-11-13(20)14(21)15(22)16(23)17(24)18(25)26;/h13-17,19-24H,1-12H2,(H,25,26);1H3. The fourth-order valence-electron chi connectivity index (χ4n) is 2.81. The number of aliphatic carboxylic acids is 1. The topological polar surface area (TPSA) is 194 Å². The second-order valence-corrected chi connectivity index (χ2v) is 6.87. The van der Waals surface area contributed by atoms with Gasteiger partial charge in [0.05, 0.1) is 6.10 Å². The van der Waals surface area contributed by atoms with Crippen molar-refractivity contribution in [1.29, 1.82) is 0 Å². The van der Waals surface area contributed by atoms with Gasteiger partial charge in [-0.15, -0.1) is 0 Å². The summed E-state index contributed by atoms with van der Waals surface area (Å²) in [5, 5.41) is 65.1. The Hall–Kier alpha value is -0.810. The predicted octanol–water partition coefficient (Wildman–Crippen LogP) is 0.321. The van der Waals surface area contributed by atoms with E-state index in [0.29, 0.717) is 6.42 Å². The van der Waals surface area contributed by atoms with E-state index < -0.39 is 36.5 Å². The highest BCUT2D eigenvalue weighted by molar-refractivity contribution is 5.72. The zero-order valence-corrected chi connectivity index (χ0v) is 16.1. The molecule has 9 nitrogen and oxygen atoms in total. The molecule has 0 aliphatic carbocycles. The minimum Gasteiger partial charge on any atom is -0.479 e. The fourth-order valence-corrected chi connectivity index (χ4v) is 2.81. The van der Waals surface area contributed by atoms with Gasteiger partial charge < -0.3 is 41.9 Å². The maximum Gasteiger partial charge on any atom is 0.335 e. The van der Waals surface area contributed by atoms with Crippen molar-refractivity contribution in [3.05, 3.63) is 0 Å². The Labute approximate surface area is 161 Å². The third-order valence-electron chi connectivity index (χ3n) is 4.58. The average molecular weight is 398 g/mol. The van der Waals surface area contributed by atoms with Crippen molar-refractivity contribution in [3.8, 4) is 0 Å². The molecular weight excluding hydrogens is 358 g/mol. The van der Waals surface area contributed by atoms with Crippen LogP contribution in [0.1, 0.15) is 70.6 Å². The monoisotopic (exact) mass is 397 g/mol. The highest BCUT2D eigenvalue weighted by Crippen LogP contribution is 2.15. The van der Waals surface area contributed by atoms with E-state index in [-0.39, 0.29) is 19.2 Å². The second kappa shape index (κ2) is 17.3. The quantitative estimate of drug-likeness (QED) is 0.159. The fraction of sp³-hybridized carbons (Fsp3) is 0.944. The van der Waals surface area contributed by atoms with Gasteiger partial charge in [-0.05, 0) is 12.8 Å². The molecule has 164 valence electrons. The van der Waals surface area contributed by atoms with Crippen LogP contribution in [0.2, 0.25) is 0 Å². The van der Waals surface area contributed by atoms with Gasteiger partial charge in [0.2, 0.25) is 0 Å². The summed E-state index contributed by atoms with van der Waals surface area (Å²) in [4.78, 5) is 10.5. The predicted molar refractivity (Wildman–Crippen MR) is 101 cm³/mol. The normalized spacial score (nSPS) is 16.8. The number of hydrogen-bond acceptors (Lipinski definition) is 8. The molecule has 0 saturated carbocycles. The number of rotatable bonds is 17. The molecule has 0 aromatic carbocycles.